The number of H-pyrrole nitrogens is 1. The number of carbonyl (C=O) groups excluding carboxylic acids is 1. The zero-order chi connectivity index (χ0) is 22.1. The maximum Gasteiger partial charge on any atom is 0.254 e. The van der Waals surface area contributed by atoms with E-state index in [9.17, 15) is 4.79 Å². The fourth-order valence-corrected chi connectivity index (χ4v) is 4.30. The van der Waals surface area contributed by atoms with Gasteiger partial charge in [-0.05, 0) is 37.1 Å². The minimum absolute atomic E-state index is 0.0814. The number of aromatic amines is 1. The number of imidazole rings is 1. The molecule has 2 aromatic carbocycles. The Kier molecular flexibility index (Phi) is 5.34. The van der Waals surface area contributed by atoms with Crippen LogP contribution in [0.15, 0.2) is 42.6 Å². The van der Waals surface area contributed by atoms with Gasteiger partial charge in [-0.25, -0.2) is 4.98 Å². The van der Waals surface area contributed by atoms with Crippen LogP contribution in [0, 0.1) is 0 Å². The molecule has 1 amide bonds. The second kappa shape index (κ2) is 8.45. The van der Waals surface area contributed by atoms with Crippen molar-refractivity contribution in [3.8, 4) is 34.3 Å². The summed E-state index contributed by atoms with van der Waals surface area (Å²) < 4.78 is 22.1. The standard InChI is InChI=1S/C24H25N3O5/c1-29-17-6-3-5-15(11-17)18-14-25-23(26-18)19-7-4-8-27(19)24(28)16-12-20(30-2)22-21(13-16)31-9-10-32-22/h3,5-6,11-14,19H,4,7-10H2,1-2H3,(H,25,26). The zero-order valence-electron chi connectivity index (χ0n) is 18.1. The predicted octanol–water partition coefficient (Wildman–Crippen LogP) is 3.84. The molecule has 8 nitrogen and oxygen atoms in total. The number of aromatic nitrogens is 2. The highest BCUT2D eigenvalue weighted by molar-refractivity contribution is 5.96. The molecule has 3 heterocycles. The smallest absolute Gasteiger partial charge is 0.254 e. The number of amides is 1. The molecule has 5 rings (SSSR count). The number of likely N-dealkylation sites (tertiary alicyclic amines) is 1. The first-order valence-electron chi connectivity index (χ1n) is 10.7. The molecule has 1 aromatic heterocycles. The maximum absolute atomic E-state index is 13.5. The van der Waals surface area contributed by atoms with Gasteiger partial charge in [-0.3, -0.25) is 4.79 Å². The van der Waals surface area contributed by atoms with Crippen molar-refractivity contribution in [2.24, 2.45) is 0 Å². The minimum atomic E-state index is -0.124. The van der Waals surface area contributed by atoms with E-state index in [-0.39, 0.29) is 11.9 Å². The van der Waals surface area contributed by atoms with E-state index in [1.807, 2.05) is 29.2 Å². The number of hydrogen-bond acceptors (Lipinski definition) is 6. The fourth-order valence-electron chi connectivity index (χ4n) is 4.30. The highest BCUT2D eigenvalue weighted by atomic mass is 16.6. The molecule has 1 saturated heterocycles. The van der Waals surface area contributed by atoms with Gasteiger partial charge in [-0.2, -0.15) is 0 Å². The van der Waals surface area contributed by atoms with E-state index in [0.29, 0.717) is 42.6 Å². The van der Waals surface area contributed by atoms with Gasteiger partial charge in [0.15, 0.2) is 11.5 Å². The molecule has 1 unspecified atom stereocenters. The van der Waals surface area contributed by atoms with E-state index in [1.54, 1.807) is 32.5 Å². The van der Waals surface area contributed by atoms with Crippen molar-refractivity contribution in [1.29, 1.82) is 0 Å². The Labute approximate surface area is 186 Å². The summed E-state index contributed by atoms with van der Waals surface area (Å²) in [6, 6.07) is 11.1. The first-order valence-corrected chi connectivity index (χ1v) is 10.7. The summed E-state index contributed by atoms with van der Waals surface area (Å²) >= 11 is 0. The Morgan fingerprint density at radius 1 is 1.16 bits per heavy atom. The lowest BCUT2D eigenvalue weighted by atomic mass is 10.1. The molecule has 0 spiro atoms. The van der Waals surface area contributed by atoms with Crippen LogP contribution in [0.5, 0.6) is 23.0 Å². The van der Waals surface area contributed by atoms with Gasteiger partial charge in [-0.1, -0.05) is 12.1 Å². The summed E-state index contributed by atoms with van der Waals surface area (Å²) in [6.07, 6.45) is 3.56. The molecular weight excluding hydrogens is 410 g/mol. The van der Waals surface area contributed by atoms with Crippen molar-refractivity contribution in [2.75, 3.05) is 34.0 Å². The second-order valence-electron chi connectivity index (χ2n) is 7.77. The molecule has 1 fully saturated rings. The van der Waals surface area contributed by atoms with Crippen LogP contribution in [0.3, 0.4) is 0 Å². The normalized spacial score (nSPS) is 17.3. The van der Waals surface area contributed by atoms with Crippen LogP contribution in [0.4, 0.5) is 0 Å². The van der Waals surface area contributed by atoms with E-state index < -0.39 is 0 Å². The number of hydrogen-bond donors (Lipinski definition) is 1. The van der Waals surface area contributed by atoms with Crippen molar-refractivity contribution in [2.45, 2.75) is 18.9 Å². The average molecular weight is 435 g/mol. The maximum atomic E-state index is 13.5. The van der Waals surface area contributed by atoms with E-state index in [4.69, 9.17) is 18.9 Å². The number of ether oxygens (including phenoxy) is 4. The van der Waals surface area contributed by atoms with Crippen LogP contribution in [0.1, 0.15) is 35.1 Å². The molecule has 0 aliphatic carbocycles. The van der Waals surface area contributed by atoms with Crippen molar-refractivity contribution < 1.29 is 23.7 Å². The Morgan fingerprint density at radius 2 is 2.03 bits per heavy atom. The molecule has 2 aliphatic heterocycles. The first-order chi connectivity index (χ1) is 15.7. The van der Waals surface area contributed by atoms with Crippen LogP contribution in [-0.2, 0) is 0 Å². The topological polar surface area (TPSA) is 85.9 Å². The highest BCUT2D eigenvalue weighted by Gasteiger charge is 2.34. The lowest BCUT2D eigenvalue weighted by Crippen LogP contribution is -2.31. The van der Waals surface area contributed by atoms with Gasteiger partial charge in [-0.15, -0.1) is 0 Å². The van der Waals surface area contributed by atoms with E-state index in [2.05, 4.69) is 9.97 Å². The molecule has 32 heavy (non-hydrogen) atoms. The molecule has 0 bridgehead atoms. The van der Waals surface area contributed by atoms with Gasteiger partial charge in [0.25, 0.3) is 5.91 Å². The van der Waals surface area contributed by atoms with Crippen molar-refractivity contribution in [3.05, 3.63) is 54.0 Å². The fraction of sp³-hybridized carbons (Fsp3) is 0.333. The third kappa shape index (κ3) is 3.62. The molecule has 166 valence electrons. The summed E-state index contributed by atoms with van der Waals surface area (Å²) in [6.45, 7) is 1.56. The monoisotopic (exact) mass is 435 g/mol. The average Bonchev–Trinajstić information content (AvgIpc) is 3.52. The van der Waals surface area contributed by atoms with Crippen LogP contribution < -0.4 is 18.9 Å². The highest BCUT2D eigenvalue weighted by Crippen LogP contribution is 2.41. The molecular formula is C24H25N3O5. The van der Waals surface area contributed by atoms with Crippen molar-refractivity contribution in [3.63, 3.8) is 0 Å². The summed E-state index contributed by atoms with van der Waals surface area (Å²) in [4.78, 5) is 23.3. The number of rotatable bonds is 5. The Morgan fingerprint density at radius 3 is 2.88 bits per heavy atom. The van der Waals surface area contributed by atoms with Crippen LogP contribution in [0.25, 0.3) is 11.3 Å². The van der Waals surface area contributed by atoms with Gasteiger partial charge in [0.2, 0.25) is 5.75 Å². The summed E-state index contributed by atoms with van der Waals surface area (Å²) in [5.74, 6) is 3.05. The van der Waals surface area contributed by atoms with Crippen molar-refractivity contribution >= 4 is 5.91 Å². The number of nitrogens with zero attached hydrogens (tertiary/aromatic N) is 2. The number of carbonyl (C=O) groups is 1. The van der Waals surface area contributed by atoms with Gasteiger partial charge < -0.3 is 28.8 Å². The van der Waals surface area contributed by atoms with Crippen LogP contribution in [-0.4, -0.2) is 54.8 Å². The molecule has 2 aliphatic rings. The minimum Gasteiger partial charge on any atom is -0.497 e. The molecule has 1 atom stereocenters. The quantitative estimate of drug-likeness (QED) is 0.655. The largest absolute Gasteiger partial charge is 0.497 e. The number of benzene rings is 2. The Bertz CT molecular complexity index is 1130. The number of methoxy groups -OCH3 is 2. The SMILES string of the molecule is COc1cccc(-c2cnc(C3CCCN3C(=O)c3cc(OC)c4c(c3)OCCO4)[nH]2)c1. The first kappa shape index (κ1) is 20.2. The lowest BCUT2D eigenvalue weighted by Gasteiger charge is -2.25. The van der Waals surface area contributed by atoms with Crippen LogP contribution in [0.2, 0.25) is 0 Å². The molecule has 3 aromatic rings. The summed E-state index contributed by atoms with van der Waals surface area (Å²) in [5, 5.41) is 0. The third-order valence-electron chi connectivity index (χ3n) is 5.88. The lowest BCUT2D eigenvalue weighted by molar-refractivity contribution is 0.0728. The molecule has 0 radical (unpaired) electrons. The van der Waals surface area contributed by atoms with Crippen LogP contribution >= 0.6 is 0 Å². The van der Waals surface area contributed by atoms with Gasteiger partial charge in [0.1, 0.15) is 24.8 Å². The predicted molar refractivity (Wildman–Crippen MR) is 118 cm³/mol. The van der Waals surface area contributed by atoms with Gasteiger partial charge >= 0.3 is 0 Å². The van der Waals surface area contributed by atoms with Gasteiger partial charge in [0, 0.05) is 17.7 Å². The third-order valence-corrected chi connectivity index (χ3v) is 5.88. The van der Waals surface area contributed by atoms with E-state index in [1.165, 1.54) is 0 Å². The Balaban J connectivity index is 1.42. The molecule has 0 saturated carbocycles. The second-order valence-corrected chi connectivity index (χ2v) is 7.77. The zero-order valence-corrected chi connectivity index (χ0v) is 18.1. The Hall–Kier alpha value is -3.68. The summed E-state index contributed by atoms with van der Waals surface area (Å²) in [5.41, 5.74) is 2.38. The van der Waals surface area contributed by atoms with E-state index in [0.717, 1.165) is 35.7 Å². The number of fused-ring (bicyclic) bond motifs is 1. The molecule has 1 N–H and O–H groups in total. The summed E-state index contributed by atoms with van der Waals surface area (Å²) in [7, 11) is 3.20. The molecule has 8 heteroatoms. The van der Waals surface area contributed by atoms with Gasteiger partial charge in [0.05, 0.1) is 32.2 Å². The van der Waals surface area contributed by atoms with E-state index >= 15 is 0 Å². The van der Waals surface area contributed by atoms with Crippen molar-refractivity contribution in [1.82, 2.24) is 14.9 Å². The number of nitrogens with one attached hydrogen (secondary N) is 1.